The standard InChI is InChI=1S/C6H10O4S/c1-4-5(7)6(2,3)11(8,9)10/h4H,1H2,2-3H3,(H,8,9,10). The maximum absolute atomic E-state index is 10.8. The minimum atomic E-state index is -4.33. The van der Waals surface area contributed by atoms with Gasteiger partial charge in [-0.1, -0.05) is 6.58 Å². The van der Waals surface area contributed by atoms with Gasteiger partial charge >= 0.3 is 0 Å². The van der Waals surface area contributed by atoms with Gasteiger partial charge in [-0.3, -0.25) is 9.35 Å². The monoisotopic (exact) mass is 178 g/mol. The second-order valence-corrected chi connectivity index (χ2v) is 4.52. The van der Waals surface area contributed by atoms with Crippen LogP contribution in [0.4, 0.5) is 0 Å². The Bertz CT molecular complexity index is 273. The molecule has 11 heavy (non-hydrogen) atoms. The zero-order valence-electron chi connectivity index (χ0n) is 6.36. The van der Waals surface area contributed by atoms with E-state index >= 15 is 0 Å². The molecule has 0 amide bonds. The molecular weight excluding hydrogens is 168 g/mol. The van der Waals surface area contributed by atoms with Crippen molar-refractivity contribution < 1.29 is 17.8 Å². The molecule has 0 spiro atoms. The second kappa shape index (κ2) is 2.75. The molecule has 0 atom stereocenters. The summed E-state index contributed by atoms with van der Waals surface area (Å²) in [6.45, 7) is 5.35. The highest BCUT2D eigenvalue weighted by Crippen LogP contribution is 2.15. The van der Waals surface area contributed by atoms with Gasteiger partial charge in [0, 0.05) is 0 Å². The minimum Gasteiger partial charge on any atom is -0.293 e. The Morgan fingerprint density at radius 3 is 2.00 bits per heavy atom. The Morgan fingerprint density at radius 2 is 1.91 bits per heavy atom. The van der Waals surface area contributed by atoms with E-state index in [4.69, 9.17) is 4.55 Å². The smallest absolute Gasteiger partial charge is 0.277 e. The number of ketones is 1. The first-order valence-electron chi connectivity index (χ1n) is 2.87. The molecular formula is C6H10O4S. The topological polar surface area (TPSA) is 71.4 Å². The molecule has 1 N–H and O–H groups in total. The van der Waals surface area contributed by atoms with Crippen LogP contribution in [0, 0.1) is 0 Å². The molecule has 0 rings (SSSR count). The lowest BCUT2D eigenvalue weighted by molar-refractivity contribution is -0.116. The summed E-state index contributed by atoms with van der Waals surface area (Å²) in [6, 6.07) is 0. The zero-order chi connectivity index (χ0) is 9.28. The van der Waals surface area contributed by atoms with Crippen LogP contribution < -0.4 is 0 Å². The Labute approximate surface area is 65.7 Å². The molecule has 0 aliphatic rings. The van der Waals surface area contributed by atoms with Crippen molar-refractivity contribution in [2.75, 3.05) is 0 Å². The van der Waals surface area contributed by atoms with E-state index < -0.39 is 20.6 Å². The first kappa shape index (κ1) is 10.3. The molecule has 0 aliphatic heterocycles. The second-order valence-electron chi connectivity index (χ2n) is 2.55. The lowest BCUT2D eigenvalue weighted by Gasteiger charge is -2.16. The molecule has 0 saturated carbocycles. The predicted octanol–water partition coefficient (Wildman–Crippen LogP) is 0.408. The Kier molecular flexibility index (Phi) is 2.58. The molecule has 0 unspecified atom stereocenters. The van der Waals surface area contributed by atoms with Gasteiger partial charge < -0.3 is 0 Å². The fourth-order valence-corrected chi connectivity index (χ4v) is 0.710. The summed E-state index contributed by atoms with van der Waals surface area (Å²) < 4.78 is 27.8. The fourth-order valence-electron chi connectivity index (χ4n) is 0.373. The Hall–Kier alpha value is -0.680. The molecule has 0 bridgehead atoms. The third-order valence-electron chi connectivity index (χ3n) is 1.42. The lowest BCUT2D eigenvalue weighted by Crippen LogP contribution is -2.38. The van der Waals surface area contributed by atoms with Crippen LogP contribution in [0.15, 0.2) is 12.7 Å². The van der Waals surface area contributed by atoms with E-state index in [1.165, 1.54) is 0 Å². The van der Waals surface area contributed by atoms with E-state index in [-0.39, 0.29) is 0 Å². The number of rotatable bonds is 3. The first-order valence-corrected chi connectivity index (χ1v) is 4.31. The van der Waals surface area contributed by atoms with E-state index in [9.17, 15) is 13.2 Å². The van der Waals surface area contributed by atoms with Crippen molar-refractivity contribution in [3.8, 4) is 0 Å². The zero-order valence-corrected chi connectivity index (χ0v) is 7.18. The van der Waals surface area contributed by atoms with Crippen LogP contribution in [-0.4, -0.2) is 23.5 Å². The summed E-state index contributed by atoms with van der Waals surface area (Å²) in [4.78, 5) is 10.8. The number of carbonyl (C=O) groups is 1. The van der Waals surface area contributed by atoms with E-state index in [1.807, 2.05) is 0 Å². The molecule has 64 valence electrons. The van der Waals surface area contributed by atoms with E-state index in [2.05, 4.69) is 6.58 Å². The lowest BCUT2D eigenvalue weighted by atomic mass is 10.1. The van der Waals surface area contributed by atoms with Crippen molar-refractivity contribution in [1.82, 2.24) is 0 Å². The highest BCUT2D eigenvalue weighted by atomic mass is 32.2. The predicted molar refractivity (Wildman–Crippen MR) is 40.8 cm³/mol. The molecule has 0 saturated heterocycles. The van der Waals surface area contributed by atoms with Crippen molar-refractivity contribution in [3.05, 3.63) is 12.7 Å². The molecule has 0 aromatic carbocycles. The largest absolute Gasteiger partial charge is 0.293 e. The van der Waals surface area contributed by atoms with Gasteiger partial charge in [0.1, 0.15) is 0 Å². The van der Waals surface area contributed by atoms with Crippen LogP contribution in [0.1, 0.15) is 13.8 Å². The fraction of sp³-hybridized carbons (Fsp3) is 0.500. The van der Waals surface area contributed by atoms with Gasteiger partial charge in [-0.15, -0.1) is 0 Å². The third kappa shape index (κ3) is 1.87. The normalized spacial score (nSPS) is 12.6. The van der Waals surface area contributed by atoms with E-state index in [0.717, 1.165) is 19.9 Å². The molecule has 0 aliphatic carbocycles. The highest BCUT2D eigenvalue weighted by molar-refractivity contribution is 7.88. The van der Waals surface area contributed by atoms with Crippen molar-refractivity contribution in [2.24, 2.45) is 0 Å². The van der Waals surface area contributed by atoms with Crippen molar-refractivity contribution in [2.45, 2.75) is 18.6 Å². The molecule has 0 heterocycles. The average Bonchev–Trinajstić information content (AvgIpc) is 1.83. The summed E-state index contributed by atoms with van der Waals surface area (Å²) in [6.07, 6.45) is 0.869. The van der Waals surface area contributed by atoms with Gasteiger partial charge in [0.2, 0.25) is 0 Å². The SMILES string of the molecule is C=CC(=O)C(C)(C)S(=O)(=O)O. The summed E-state index contributed by atoms with van der Waals surface area (Å²) in [5.74, 6) is -0.722. The number of allylic oxidation sites excluding steroid dienone is 1. The molecule has 0 aromatic heterocycles. The molecule has 5 heteroatoms. The first-order chi connectivity index (χ1) is 4.73. The maximum Gasteiger partial charge on any atom is 0.277 e. The maximum atomic E-state index is 10.8. The van der Waals surface area contributed by atoms with Crippen molar-refractivity contribution in [3.63, 3.8) is 0 Å². The molecule has 4 nitrogen and oxygen atoms in total. The molecule has 0 fully saturated rings. The van der Waals surface area contributed by atoms with Crippen molar-refractivity contribution in [1.29, 1.82) is 0 Å². The van der Waals surface area contributed by atoms with Gasteiger partial charge in [-0.05, 0) is 19.9 Å². The number of carbonyl (C=O) groups excluding carboxylic acids is 1. The van der Waals surface area contributed by atoms with E-state index in [1.54, 1.807) is 0 Å². The van der Waals surface area contributed by atoms with E-state index in [0.29, 0.717) is 0 Å². The van der Waals surface area contributed by atoms with Crippen LogP contribution >= 0.6 is 0 Å². The van der Waals surface area contributed by atoms with Crippen LogP contribution in [-0.2, 0) is 14.9 Å². The summed E-state index contributed by atoms with van der Waals surface area (Å²) in [5.41, 5.74) is 0. The molecule has 0 radical (unpaired) electrons. The molecule has 0 aromatic rings. The minimum absolute atomic E-state index is 0.722. The number of hydrogen-bond donors (Lipinski definition) is 1. The van der Waals surface area contributed by atoms with Crippen LogP contribution in [0.3, 0.4) is 0 Å². The summed E-state index contributed by atoms with van der Waals surface area (Å²) in [5, 5.41) is 0. The Balaban J connectivity index is 5.06. The third-order valence-corrected chi connectivity index (χ3v) is 2.91. The van der Waals surface area contributed by atoms with Gasteiger partial charge in [-0.2, -0.15) is 8.42 Å². The van der Waals surface area contributed by atoms with Gasteiger partial charge in [0.25, 0.3) is 10.1 Å². The summed E-state index contributed by atoms with van der Waals surface area (Å²) >= 11 is 0. The average molecular weight is 178 g/mol. The highest BCUT2D eigenvalue weighted by Gasteiger charge is 2.38. The quantitative estimate of drug-likeness (QED) is 0.502. The van der Waals surface area contributed by atoms with Crippen LogP contribution in [0.5, 0.6) is 0 Å². The number of hydrogen-bond acceptors (Lipinski definition) is 3. The van der Waals surface area contributed by atoms with Crippen molar-refractivity contribution >= 4 is 15.9 Å². The van der Waals surface area contributed by atoms with Gasteiger partial charge in [-0.25, -0.2) is 0 Å². The van der Waals surface area contributed by atoms with Crippen LogP contribution in [0.2, 0.25) is 0 Å². The van der Waals surface area contributed by atoms with Gasteiger partial charge in [0.05, 0.1) is 0 Å². The van der Waals surface area contributed by atoms with Gasteiger partial charge in [0.15, 0.2) is 10.5 Å². The Morgan fingerprint density at radius 1 is 1.55 bits per heavy atom. The van der Waals surface area contributed by atoms with Crippen LogP contribution in [0.25, 0.3) is 0 Å². The summed E-state index contributed by atoms with van der Waals surface area (Å²) in [7, 11) is -4.33.